The molecule has 0 radical (unpaired) electrons. The van der Waals surface area contributed by atoms with Crippen LogP contribution in [0.2, 0.25) is 0 Å². The molecule has 1 aromatic heterocycles. The standard InChI is InChI=1S/C17H17N5O3S/c1-2-5-12-20-21-16(26-12)18-15(25)17-9-8-13(23)22(17)11-7-4-3-6-10(11)14(24)19-17/h3-4,6-7H,2,5,8-9H2,1H3,(H,19,24)(H,18,21,25)/t17-/m0/s1. The van der Waals surface area contributed by atoms with Crippen molar-refractivity contribution in [3.05, 3.63) is 34.8 Å². The van der Waals surface area contributed by atoms with E-state index < -0.39 is 11.6 Å². The number of aryl methyl sites for hydroxylation is 1. The molecule has 3 amide bonds. The Bertz CT molecular complexity index is 911. The molecule has 2 N–H and O–H groups in total. The number of amides is 3. The number of para-hydroxylation sites is 1. The average molecular weight is 371 g/mol. The first-order valence-corrected chi connectivity index (χ1v) is 9.25. The lowest BCUT2D eigenvalue weighted by molar-refractivity contribution is -0.124. The Hall–Kier alpha value is -2.81. The number of fused-ring (bicyclic) bond motifs is 3. The van der Waals surface area contributed by atoms with Crippen molar-refractivity contribution in [2.24, 2.45) is 0 Å². The van der Waals surface area contributed by atoms with E-state index in [2.05, 4.69) is 20.8 Å². The zero-order valence-electron chi connectivity index (χ0n) is 14.1. The molecule has 4 rings (SSSR count). The van der Waals surface area contributed by atoms with Crippen LogP contribution >= 0.6 is 11.3 Å². The van der Waals surface area contributed by atoms with Crippen LogP contribution in [0.1, 0.15) is 41.6 Å². The van der Waals surface area contributed by atoms with Crippen molar-refractivity contribution in [2.45, 2.75) is 38.3 Å². The number of rotatable bonds is 4. The van der Waals surface area contributed by atoms with Gasteiger partial charge in [-0.1, -0.05) is 30.4 Å². The van der Waals surface area contributed by atoms with E-state index in [1.165, 1.54) is 16.2 Å². The molecule has 1 aromatic carbocycles. The van der Waals surface area contributed by atoms with Gasteiger partial charge in [-0.2, -0.15) is 0 Å². The number of nitrogens with zero attached hydrogens (tertiary/aromatic N) is 3. The number of carbonyl (C=O) groups is 3. The molecule has 0 aliphatic carbocycles. The molecule has 2 aromatic rings. The predicted octanol–water partition coefficient (Wildman–Crippen LogP) is 1.70. The minimum atomic E-state index is -1.43. The summed E-state index contributed by atoms with van der Waals surface area (Å²) >= 11 is 1.30. The van der Waals surface area contributed by atoms with Crippen molar-refractivity contribution < 1.29 is 14.4 Å². The highest BCUT2D eigenvalue weighted by Crippen LogP contribution is 2.39. The molecule has 3 heterocycles. The van der Waals surface area contributed by atoms with Crippen LogP contribution in [-0.4, -0.2) is 33.6 Å². The zero-order valence-corrected chi connectivity index (χ0v) is 14.9. The van der Waals surface area contributed by atoms with E-state index in [0.717, 1.165) is 17.8 Å². The zero-order chi connectivity index (χ0) is 18.3. The third-order valence-electron chi connectivity index (χ3n) is 4.57. The molecular weight excluding hydrogens is 354 g/mol. The van der Waals surface area contributed by atoms with E-state index >= 15 is 0 Å². The molecule has 0 spiro atoms. The minimum Gasteiger partial charge on any atom is -0.321 e. The van der Waals surface area contributed by atoms with E-state index in [1.807, 2.05) is 6.92 Å². The van der Waals surface area contributed by atoms with Gasteiger partial charge in [0.15, 0.2) is 0 Å². The quantitative estimate of drug-likeness (QED) is 0.851. The molecule has 1 atom stereocenters. The van der Waals surface area contributed by atoms with Gasteiger partial charge in [0, 0.05) is 19.3 Å². The summed E-state index contributed by atoms with van der Waals surface area (Å²) in [6.07, 6.45) is 2.10. The predicted molar refractivity (Wildman–Crippen MR) is 95.9 cm³/mol. The molecule has 26 heavy (non-hydrogen) atoms. The molecule has 0 bridgehead atoms. The Labute approximate surface area is 153 Å². The summed E-state index contributed by atoms with van der Waals surface area (Å²) < 4.78 is 0. The minimum absolute atomic E-state index is 0.180. The summed E-state index contributed by atoms with van der Waals surface area (Å²) in [5.74, 6) is -1.05. The highest BCUT2D eigenvalue weighted by atomic mass is 32.1. The molecule has 2 aliphatic heterocycles. The lowest BCUT2D eigenvalue weighted by Crippen LogP contribution is -2.68. The number of benzene rings is 1. The van der Waals surface area contributed by atoms with Gasteiger partial charge >= 0.3 is 0 Å². The van der Waals surface area contributed by atoms with Crippen LogP contribution in [0, 0.1) is 0 Å². The molecule has 134 valence electrons. The molecule has 1 fully saturated rings. The van der Waals surface area contributed by atoms with Crippen LogP contribution in [0.15, 0.2) is 24.3 Å². The lowest BCUT2D eigenvalue weighted by Gasteiger charge is -2.41. The van der Waals surface area contributed by atoms with Gasteiger partial charge in [-0.3, -0.25) is 24.6 Å². The SMILES string of the molecule is CCCc1nnc(NC(=O)[C@]23CCC(=O)N2c2ccccc2C(=O)N3)s1. The van der Waals surface area contributed by atoms with Crippen LogP contribution in [0.4, 0.5) is 10.8 Å². The van der Waals surface area contributed by atoms with Gasteiger partial charge in [-0.15, -0.1) is 10.2 Å². The maximum atomic E-state index is 13.1. The van der Waals surface area contributed by atoms with Gasteiger partial charge in [0.1, 0.15) is 5.01 Å². The summed E-state index contributed by atoms with van der Waals surface area (Å²) in [6.45, 7) is 2.04. The molecule has 2 aliphatic rings. The summed E-state index contributed by atoms with van der Waals surface area (Å²) in [7, 11) is 0. The number of aromatic nitrogens is 2. The van der Waals surface area contributed by atoms with E-state index in [-0.39, 0.29) is 24.7 Å². The van der Waals surface area contributed by atoms with Gasteiger partial charge in [0.25, 0.3) is 11.8 Å². The van der Waals surface area contributed by atoms with E-state index in [1.54, 1.807) is 24.3 Å². The van der Waals surface area contributed by atoms with Crippen molar-refractivity contribution in [1.82, 2.24) is 15.5 Å². The van der Waals surface area contributed by atoms with Crippen LogP contribution in [-0.2, 0) is 16.0 Å². The van der Waals surface area contributed by atoms with Gasteiger partial charge in [-0.25, -0.2) is 0 Å². The normalized spacial score (nSPS) is 21.2. The molecule has 8 nitrogen and oxygen atoms in total. The second-order valence-electron chi connectivity index (χ2n) is 6.27. The third-order valence-corrected chi connectivity index (χ3v) is 5.47. The summed E-state index contributed by atoms with van der Waals surface area (Å²) in [4.78, 5) is 39.5. The smallest absolute Gasteiger partial charge is 0.273 e. The number of carbonyl (C=O) groups excluding carboxylic acids is 3. The van der Waals surface area contributed by atoms with Crippen molar-refractivity contribution in [1.29, 1.82) is 0 Å². The summed E-state index contributed by atoms with van der Waals surface area (Å²) in [6, 6.07) is 6.79. The van der Waals surface area contributed by atoms with Crippen LogP contribution in [0.25, 0.3) is 0 Å². The number of nitrogens with one attached hydrogen (secondary N) is 2. The molecule has 1 saturated heterocycles. The summed E-state index contributed by atoms with van der Waals surface area (Å²) in [5.41, 5.74) is -0.593. The lowest BCUT2D eigenvalue weighted by atomic mass is 9.99. The average Bonchev–Trinajstić information content (AvgIpc) is 3.21. The van der Waals surface area contributed by atoms with Gasteiger partial charge in [0.05, 0.1) is 11.3 Å². The second kappa shape index (κ2) is 6.17. The van der Waals surface area contributed by atoms with Crippen molar-refractivity contribution >= 4 is 39.9 Å². The first-order valence-electron chi connectivity index (χ1n) is 8.43. The number of hydrogen-bond acceptors (Lipinski definition) is 6. The van der Waals surface area contributed by atoms with Crippen molar-refractivity contribution in [3.63, 3.8) is 0 Å². The maximum Gasteiger partial charge on any atom is 0.273 e. The van der Waals surface area contributed by atoms with E-state index in [9.17, 15) is 14.4 Å². The van der Waals surface area contributed by atoms with Crippen molar-refractivity contribution in [3.8, 4) is 0 Å². The fraction of sp³-hybridized carbons (Fsp3) is 0.353. The highest BCUT2D eigenvalue weighted by molar-refractivity contribution is 7.15. The number of anilines is 2. The van der Waals surface area contributed by atoms with Crippen LogP contribution in [0.5, 0.6) is 0 Å². The van der Waals surface area contributed by atoms with Gasteiger partial charge < -0.3 is 5.32 Å². The molecule has 9 heteroatoms. The Morgan fingerprint density at radius 3 is 2.96 bits per heavy atom. The first kappa shape index (κ1) is 16.6. The summed E-state index contributed by atoms with van der Waals surface area (Å²) in [5, 5.41) is 14.7. The Kier molecular flexibility index (Phi) is 3.95. The first-order chi connectivity index (χ1) is 12.5. The highest BCUT2D eigenvalue weighted by Gasteiger charge is 2.56. The third kappa shape index (κ3) is 2.47. The second-order valence-corrected chi connectivity index (χ2v) is 7.33. The van der Waals surface area contributed by atoms with Gasteiger partial charge in [0.2, 0.25) is 16.7 Å². The molecule has 0 saturated carbocycles. The maximum absolute atomic E-state index is 13.1. The monoisotopic (exact) mass is 371 g/mol. The van der Waals surface area contributed by atoms with Crippen molar-refractivity contribution in [2.75, 3.05) is 10.2 Å². The Balaban J connectivity index is 1.68. The Morgan fingerprint density at radius 2 is 2.15 bits per heavy atom. The Morgan fingerprint density at radius 1 is 1.35 bits per heavy atom. The molecular formula is C17H17N5O3S. The molecule has 0 unspecified atom stereocenters. The van der Waals surface area contributed by atoms with E-state index in [4.69, 9.17) is 0 Å². The fourth-order valence-electron chi connectivity index (χ4n) is 3.39. The van der Waals surface area contributed by atoms with Crippen LogP contribution in [0.3, 0.4) is 0 Å². The van der Waals surface area contributed by atoms with Crippen LogP contribution < -0.4 is 15.5 Å². The number of hydrogen-bond donors (Lipinski definition) is 2. The topological polar surface area (TPSA) is 104 Å². The van der Waals surface area contributed by atoms with E-state index in [0.29, 0.717) is 16.4 Å². The fourth-order valence-corrected chi connectivity index (χ4v) is 4.23. The van der Waals surface area contributed by atoms with Gasteiger partial charge in [-0.05, 0) is 18.6 Å². The largest absolute Gasteiger partial charge is 0.321 e.